The molecule has 0 aliphatic carbocycles. The van der Waals surface area contributed by atoms with E-state index in [4.69, 9.17) is 4.74 Å². The predicted octanol–water partition coefficient (Wildman–Crippen LogP) is 0.871. The minimum Gasteiger partial charge on any atom is -0.462 e. The normalized spacial score (nSPS) is 10.3. The molecular formula is C11H10N2O3. The molecule has 0 aliphatic rings. The van der Waals surface area contributed by atoms with Crippen molar-refractivity contribution in [3.05, 3.63) is 46.5 Å². The van der Waals surface area contributed by atoms with Crippen LogP contribution in [0.4, 0.5) is 0 Å². The van der Waals surface area contributed by atoms with E-state index in [1.54, 1.807) is 6.92 Å². The highest BCUT2D eigenvalue weighted by Gasteiger charge is 2.07. The van der Waals surface area contributed by atoms with Crippen molar-refractivity contribution in [2.45, 2.75) is 6.92 Å². The summed E-state index contributed by atoms with van der Waals surface area (Å²) in [6.45, 7) is 2.06. The Kier molecular flexibility index (Phi) is 2.68. The van der Waals surface area contributed by atoms with E-state index in [0.717, 1.165) is 0 Å². The molecule has 0 saturated carbocycles. The summed E-state index contributed by atoms with van der Waals surface area (Å²) in [6, 6.07) is 4.42. The molecule has 5 heteroatoms. The number of nitrogens with zero attached hydrogens (tertiary/aromatic N) is 2. The Labute approximate surface area is 91.3 Å². The Morgan fingerprint density at radius 2 is 2.31 bits per heavy atom. The number of ether oxygens (including phenoxy) is 1. The first-order chi connectivity index (χ1) is 7.72. The van der Waals surface area contributed by atoms with Crippen molar-refractivity contribution in [1.29, 1.82) is 0 Å². The van der Waals surface area contributed by atoms with Gasteiger partial charge in [-0.15, -0.1) is 0 Å². The molecule has 5 nitrogen and oxygen atoms in total. The predicted molar refractivity (Wildman–Crippen MR) is 57.4 cm³/mol. The molecule has 82 valence electrons. The van der Waals surface area contributed by atoms with E-state index in [2.05, 4.69) is 4.98 Å². The first-order valence-electron chi connectivity index (χ1n) is 4.87. The fraction of sp³-hybridized carbons (Fsp3) is 0.182. The Balaban J connectivity index is 2.53. The van der Waals surface area contributed by atoms with Gasteiger partial charge in [0.25, 0.3) is 5.56 Å². The molecule has 2 aromatic heterocycles. The molecule has 0 atom stereocenters. The topological polar surface area (TPSA) is 60.7 Å². The quantitative estimate of drug-likeness (QED) is 0.702. The number of hydrogen-bond donors (Lipinski definition) is 0. The molecule has 16 heavy (non-hydrogen) atoms. The molecule has 2 heterocycles. The van der Waals surface area contributed by atoms with Gasteiger partial charge >= 0.3 is 5.97 Å². The number of fused-ring (bicyclic) bond motifs is 1. The third-order valence-electron chi connectivity index (χ3n) is 2.11. The van der Waals surface area contributed by atoms with Crippen LogP contribution in [0.25, 0.3) is 5.65 Å². The van der Waals surface area contributed by atoms with Gasteiger partial charge in [0.05, 0.1) is 12.2 Å². The van der Waals surface area contributed by atoms with Crippen molar-refractivity contribution in [3.8, 4) is 0 Å². The zero-order valence-corrected chi connectivity index (χ0v) is 8.71. The zero-order valence-electron chi connectivity index (χ0n) is 8.71. The Morgan fingerprint density at radius 3 is 3.06 bits per heavy atom. The van der Waals surface area contributed by atoms with Crippen LogP contribution in [0, 0.1) is 0 Å². The largest absolute Gasteiger partial charge is 0.462 e. The van der Waals surface area contributed by atoms with Crippen molar-refractivity contribution < 1.29 is 9.53 Å². The fourth-order valence-electron chi connectivity index (χ4n) is 1.37. The molecule has 0 N–H and O–H groups in total. The van der Waals surface area contributed by atoms with E-state index >= 15 is 0 Å². The van der Waals surface area contributed by atoms with Crippen LogP contribution in [0.1, 0.15) is 17.3 Å². The number of rotatable bonds is 2. The highest BCUT2D eigenvalue weighted by atomic mass is 16.5. The summed E-state index contributed by atoms with van der Waals surface area (Å²) in [4.78, 5) is 26.8. The maximum atomic E-state index is 11.4. The Bertz CT molecular complexity index is 589. The van der Waals surface area contributed by atoms with Gasteiger partial charge in [0.1, 0.15) is 5.65 Å². The summed E-state index contributed by atoms with van der Waals surface area (Å²) < 4.78 is 6.22. The van der Waals surface area contributed by atoms with Gasteiger partial charge in [-0.1, -0.05) is 0 Å². The second-order valence-corrected chi connectivity index (χ2v) is 3.15. The third kappa shape index (κ3) is 1.79. The molecule has 2 aromatic rings. The fourth-order valence-corrected chi connectivity index (χ4v) is 1.37. The Hall–Kier alpha value is -2.17. The van der Waals surface area contributed by atoms with Crippen LogP contribution in [0.3, 0.4) is 0 Å². The molecule has 0 bridgehead atoms. The van der Waals surface area contributed by atoms with Gasteiger partial charge in [0.2, 0.25) is 0 Å². The number of carbonyl (C=O) groups excluding carboxylic acids is 1. The third-order valence-corrected chi connectivity index (χ3v) is 2.11. The average molecular weight is 218 g/mol. The van der Waals surface area contributed by atoms with Crippen molar-refractivity contribution in [2.75, 3.05) is 6.61 Å². The summed E-state index contributed by atoms with van der Waals surface area (Å²) in [6.07, 6.45) is 2.92. The lowest BCUT2D eigenvalue weighted by molar-refractivity contribution is 0.0526. The number of carbonyl (C=O) groups is 1. The van der Waals surface area contributed by atoms with Gasteiger partial charge in [-0.3, -0.25) is 9.20 Å². The number of hydrogen-bond acceptors (Lipinski definition) is 4. The second-order valence-electron chi connectivity index (χ2n) is 3.15. The molecular weight excluding hydrogens is 208 g/mol. The van der Waals surface area contributed by atoms with Gasteiger partial charge in [-0.25, -0.2) is 9.78 Å². The van der Waals surface area contributed by atoms with E-state index in [1.165, 1.54) is 35.0 Å². The molecule has 0 aromatic carbocycles. The Morgan fingerprint density at radius 1 is 1.50 bits per heavy atom. The summed E-state index contributed by atoms with van der Waals surface area (Å²) in [5.41, 5.74) is 0.637. The van der Waals surface area contributed by atoms with Crippen LogP contribution in [0.15, 0.2) is 35.4 Å². The van der Waals surface area contributed by atoms with Gasteiger partial charge in [-0.2, -0.15) is 0 Å². The minimum absolute atomic E-state index is 0.180. The van der Waals surface area contributed by atoms with Gasteiger partial charge in [0.15, 0.2) is 0 Å². The first kappa shape index (κ1) is 10.4. The molecule has 0 radical (unpaired) electrons. The van der Waals surface area contributed by atoms with Crippen molar-refractivity contribution in [1.82, 2.24) is 9.38 Å². The molecule has 0 aliphatic heterocycles. The van der Waals surface area contributed by atoms with E-state index in [1.807, 2.05) is 0 Å². The average Bonchev–Trinajstić information content (AvgIpc) is 2.29. The summed E-state index contributed by atoms with van der Waals surface area (Å²) in [5.74, 6) is -0.414. The molecule has 0 saturated heterocycles. The standard InChI is InChI=1S/C11H10N2O3/c1-2-16-11(15)8-4-6-13-9(7-8)12-5-3-10(13)14/h3-7H,2H2,1H3. The van der Waals surface area contributed by atoms with E-state index in [-0.39, 0.29) is 5.56 Å². The summed E-state index contributed by atoms with van der Waals surface area (Å²) in [5, 5.41) is 0. The summed E-state index contributed by atoms with van der Waals surface area (Å²) in [7, 11) is 0. The summed E-state index contributed by atoms with van der Waals surface area (Å²) >= 11 is 0. The van der Waals surface area contributed by atoms with E-state index in [0.29, 0.717) is 17.8 Å². The zero-order chi connectivity index (χ0) is 11.5. The maximum absolute atomic E-state index is 11.4. The number of pyridine rings is 1. The van der Waals surface area contributed by atoms with Crippen LogP contribution in [0.5, 0.6) is 0 Å². The molecule has 0 unspecified atom stereocenters. The van der Waals surface area contributed by atoms with Crippen LogP contribution in [-0.2, 0) is 4.74 Å². The van der Waals surface area contributed by atoms with Crippen molar-refractivity contribution in [2.24, 2.45) is 0 Å². The first-order valence-corrected chi connectivity index (χ1v) is 4.87. The van der Waals surface area contributed by atoms with E-state index in [9.17, 15) is 9.59 Å². The van der Waals surface area contributed by atoms with Crippen LogP contribution in [0.2, 0.25) is 0 Å². The van der Waals surface area contributed by atoms with Crippen molar-refractivity contribution >= 4 is 11.6 Å². The maximum Gasteiger partial charge on any atom is 0.338 e. The minimum atomic E-state index is -0.414. The van der Waals surface area contributed by atoms with Crippen LogP contribution < -0.4 is 5.56 Å². The van der Waals surface area contributed by atoms with Crippen LogP contribution in [-0.4, -0.2) is 22.0 Å². The SMILES string of the molecule is CCOC(=O)c1ccn2c(=O)ccnc2c1. The highest BCUT2D eigenvalue weighted by Crippen LogP contribution is 2.04. The van der Waals surface area contributed by atoms with Crippen LogP contribution >= 0.6 is 0 Å². The van der Waals surface area contributed by atoms with Gasteiger partial charge in [-0.05, 0) is 19.1 Å². The molecule has 0 amide bonds. The smallest absolute Gasteiger partial charge is 0.338 e. The number of esters is 1. The molecule has 0 spiro atoms. The highest BCUT2D eigenvalue weighted by molar-refractivity contribution is 5.90. The van der Waals surface area contributed by atoms with Gasteiger partial charge < -0.3 is 4.74 Å². The lowest BCUT2D eigenvalue weighted by atomic mass is 10.2. The van der Waals surface area contributed by atoms with Gasteiger partial charge in [0, 0.05) is 18.5 Å². The van der Waals surface area contributed by atoms with E-state index < -0.39 is 5.97 Å². The lowest BCUT2D eigenvalue weighted by Gasteiger charge is -2.03. The number of aromatic nitrogens is 2. The molecule has 0 fully saturated rings. The molecule has 2 rings (SSSR count). The second kappa shape index (κ2) is 4.14. The monoisotopic (exact) mass is 218 g/mol. The van der Waals surface area contributed by atoms with Crippen molar-refractivity contribution in [3.63, 3.8) is 0 Å². The lowest BCUT2D eigenvalue weighted by Crippen LogP contribution is -2.14.